The summed E-state index contributed by atoms with van der Waals surface area (Å²) in [5.41, 5.74) is 1.60. The normalized spacial score (nSPS) is 15.1. The minimum Gasteiger partial charge on any atom is -0.352 e. The van der Waals surface area contributed by atoms with Crippen molar-refractivity contribution in [2.75, 3.05) is 0 Å². The lowest BCUT2D eigenvalue weighted by atomic mass is 10.1. The minimum atomic E-state index is -0.625. The van der Waals surface area contributed by atoms with Gasteiger partial charge in [0.2, 0.25) is 11.8 Å². The van der Waals surface area contributed by atoms with Crippen molar-refractivity contribution >= 4 is 23.4 Å². The number of benzene rings is 2. The van der Waals surface area contributed by atoms with Gasteiger partial charge in [-0.1, -0.05) is 48.7 Å². The highest BCUT2D eigenvalue weighted by Crippen LogP contribution is 2.19. The van der Waals surface area contributed by atoms with Crippen LogP contribution in [-0.2, 0) is 22.6 Å². The van der Waals surface area contributed by atoms with Crippen LogP contribution < -0.4 is 5.32 Å². The van der Waals surface area contributed by atoms with E-state index in [0.717, 1.165) is 36.8 Å². The lowest BCUT2D eigenvalue weighted by molar-refractivity contribution is -0.140. The quantitative estimate of drug-likeness (QED) is 0.722. The third-order valence-electron chi connectivity index (χ3n) is 5.40. The maximum atomic E-state index is 13.3. The van der Waals surface area contributed by atoms with Crippen molar-refractivity contribution in [3.63, 3.8) is 0 Å². The Kier molecular flexibility index (Phi) is 7.26. The Labute approximate surface area is 176 Å². The first kappa shape index (κ1) is 21.3. The molecule has 0 unspecified atom stereocenters. The molecule has 3 rings (SSSR count). The Balaban J connectivity index is 1.75. The lowest BCUT2D eigenvalue weighted by Gasteiger charge is -2.30. The summed E-state index contributed by atoms with van der Waals surface area (Å²) in [6, 6.07) is 12.7. The number of nitrogens with one attached hydrogen (secondary N) is 1. The summed E-state index contributed by atoms with van der Waals surface area (Å²) in [4.78, 5) is 27.5. The molecule has 1 fully saturated rings. The van der Waals surface area contributed by atoms with Crippen molar-refractivity contribution in [3.05, 3.63) is 70.5 Å². The van der Waals surface area contributed by atoms with Gasteiger partial charge in [-0.2, -0.15) is 0 Å². The van der Waals surface area contributed by atoms with Gasteiger partial charge in [-0.3, -0.25) is 9.59 Å². The predicted molar refractivity (Wildman–Crippen MR) is 112 cm³/mol. The molecule has 6 heteroatoms. The fourth-order valence-corrected chi connectivity index (χ4v) is 3.77. The van der Waals surface area contributed by atoms with E-state index in [9.17, 15) is 14.0 Å². The smallest absolute Gasteiger partial charge is 0.242 e. The predicted octanol–water partition coefficient (Wildman–Crippen LogP) is 4.50. The molecule has 1 aliphatic rings. The Bertz CT molecular complexity index is 833. The molecule has 1 N–H and O–H groups in total. The van der Waals surface area contributed by atoms with E-state index >= 15 is 0 Å². The highest BCUT2D eigenvalue weighted by molar-refractivity contribution is 6.30. The van der Waals surface area contributed by atoms with E-state index in [1.165, 1.54) is 12.1 Å². The third kappa shape index (κ3) is 6.04. The number of carbonyl (C=O) groups is 2. The number of hydrogen-bond donors (Lipinski definition) is 1. The standard InChI is InChI=1S/C23H26ClFN2O2/c1-16(23(29)26-21-4-2-3-5-21)27(15-18-8-12-20(25)13-9-18)22(28)14-17-6-10-19(24)11-7-17/h6-13,16,21H,2-5,14-15H2,1H3,(H,26,29)/t16-/m0/s1. The second kappa shape index (κ2) is 9.88. The number of carbonyl (C=O) groups excluding carboxylic acids is 2. The van der Waals surface area contributed by atoms with Gasteiger partial charge in [-0.25, -0.2) is 4.39 Å². The third-order valence-corrected chi connectivity index (χ3v) is 5.66. The van der Waals surface area contributed by atoms with Crippen LogP contribution in [0.1, 0.15) is 43.7 Å². The Morgan fingerprint density at radius 2 is 1.66 bits per heavy atom. The van der Waals surface area contributed by atoms with E-state index < -0.39 is 6.04 Å². The molecule has 1 saturated carbocycles. The average Bonchev–Trinajstić information content (AvgIpc) is 3.21. The molecule has 0 spiro atoms. The highest BCUT2D eigenvalue weighted by Gasteiger charge is 2.28. The van der Waals surface area contributed by atoms with Crippen molar-refractivity contribution in [1.29, 1.82) is 0 Å². The van der Waals surface area contributed by atoms with Gasteiger partial charge in [0.1, 0.15) is 11.9 Å². The van der Waals surface area contributed by atoms with Crippen LogP contribution in [0.3, 0.4) is 0 Å². The maximum Gasteiger partial charge on any atom is 0.242 e. The molecule has 0 bridgehead atoms. The molecule has 1 aliphatic carbocycles. The van der Waals surface area contributed by atoms with Crippen molar-refractivity contribution in [3.8, 4) is 0 Å². The largest absolute Gasteiger partial charge is 0.352 e. The van der Waals surface area contributed by atoms with Gasteiger partial charge in [0.05, 0.1) is 6.42 Å². The molecule has 4 nitrogen and oxygen atoms in total. The van der Waals surface area contributed by atoms with Crippen LogP contribution >= 0.6 is 11.6 Å². The van der Waals surface area contributed by atoms with E-state index in [-0.39, 0.29) is 36.6 Å². The first-order chi connectivity index (χ1) is 13.9. The molecule has 2 amide bonds. The molecule has 29 heavy (non-hydrogen) atoms. The van der Waals surface area contributed by atoms with Crippen LogP contribution in [0.5, 0.6) is 0 Å². The molecule has 0 heterocycles. The number of amides is 2. The van der Waals surface area contributed by atoms with Crippen LogP contribution in [0, 0.1) is 5.82 Å². The zero-order valence-corrected chi connectivity index (χ0v) is 17.3. The molecule has 0 radical (unpaired) electrons. The number of rotatable bonds is 7. The molecular formula is C23H26ClFN2O2. The van der Waals surface area contributed by atoms with Gasteiger partial charge >= 0.3 is 0 Å². The second-order valence-corrected chi connectivity index (χ2v) is 8.05. The Morgan fingerprint density at radius 3 is 2.28 bits per heavy atom. The SMILES string of the molecule is C[C@@H](C(=O)NC1CCCC1)N(Cc1ccc(F)cc1)C(=O)Cc1ccc(Cl)cc1. The lowest BCUT2D eigenvalue weighted by Crippen LogP contribution is -2.50. The van der Waals surface area contributed by atoms with Crippen LogP contribution in [-0.4, -0.2) is 28.8 Å². The van der Waals surface area contributed by atoms with E-state index in [0.29, 0.717) is 5.02 Å². The summed E-state index contributed by atoms with van der Waals surface area (Å²) < 4.78 is 13.3. The van der Waals surface area contributed by atoms with Gasteiger partial charge < -0.3 is 10.2 Å². The van der Waals surface area contributed by atoms with E-state index in [1.807, 2.05) is 0 Å². The monoisotopic (exact) mass is 416 g/mol. The highest BCUT2D eigenvalue weighted by atomic mass is 35.5. The topological polar surface area (TPSA) is 49.4 Å². The summed E-state index contributed by atoms with van der Waals surface area (Å²) in [7, 11) is 0. The first-order valence-corrected chi connectivity index (χ1v) is 10.4. The van der Waals surface area contributed by atoms with Crippen LogP contribution in [0.4, 0.5) is 4.39 Å². The van der Waals surface area contributed by atoms with Crippen molar-refractivity contribution in [2.45, 2.75) is 57.7 Å². The number of hydrogen-bond acceptors (Lipinski definition) is 2. The van der Waals surface area contributed by atoms with E-state index in [1.54, 1.807) is 48.2 Å². The average molecular weight is 417 g/mol. The van der Waals surface area contributed by atoms with Crippen LogP contribution in [0.25, 0.3) is 0 Å². The summed E-state index contributed by atoms with van der Waals surface area (Å²) >= 11 is 5.92. The molecule has 0 aliphatic heterocycles. The second-order valence-electron chi connectivity index (χ2n) is 7.62. The van der Waals surface area contributed by atoms with Crippen LogP contribution in [0.15, 0.2) is 48.5 Å². The van der Waals surface area contributed by atoms with Crippen molar-refractivity contribution in [2.24, 2.45) is 0 Å². The minimum absolute atomic E-state index is 0.150. The Hall–Kier alpha value is -2.40. The molecule has 154 valence electrons. The van der Waals surface area contributed by atoms with Gasteiger partial charge in [0, 0.05) is 17.6 Å². The van der Waals surface area contributed by atoms with Gasteiger partial charge in [-0.15, -0.1) is 0 Å². The first-order valence-electron chi connectivity index (χ1n) is 10.0. The van der Waals surface area contributed by atoms with E-state index in [4.69, 9.17) is 11.6 Å². The maximum absolute atomic E-state index is 13.3. The van der Waals surface area contributed by atoms with Gasteiger partial charge in [0.25, 0.3) is 0 Å². The van der Waals surface area contributed by atoms with Crippen molar-refractivity contribution in [1.82, 2.24) is 10.2 Å². The molecular weight excluding hydrogens is 391 g/mol. The summed E-state index contributed by atoms with van der Waals surface area (Å²) in [6.45, 7) is 1.99. The van der Waals surface area contributed by atoms with Gasteiger partial charge in [-0.05, 0) is 55.2 Å². The molecule has 2 aromatic rings. The molecule has 0 saturated heterocycles. The fourth-order valence-electron chi connectivity index (χ4n) is 3.64. The molecule has 1 atom stereocenters. The Morgan fingerprint density at radius 1 is 1.07 bits per heavy atom. The fraction of sp³-hybridized carbons (Fsp3) is 0.391. The summed E-state index contributed by atoms with van der Waals surface area (Å²) in [5.74, 6) is -0.644. The molecule has 2 aromatic carbocycles. The zero-order chi connectivity index (χ0) is 20.8. The van der Waals surface area contributed by atoms with Crippen LogP contribution in [0.2, 0.25) is 5.02 Å². The van der Waals surface area contributed by atoms with Crippen molar-refractivity contribution < 1.29 is 14.0 Å². The summed E-state index contributed by atoms with van der Waals surface area (Å²) in [5, 5.41) is 3.68. The number of halogens is 2. The summed E-state index contributed by atoms with van der Waals surface area (Å²) in [6.07, 6.45) is 4.37. The number of nitrogens with zero attached hydrogens (tertiary/aromatic N) is 1. The van der Waals surface area contributed by atoms with Gasteiger partial charge in [0.15, 0.2) is 0 Å². The van der Waals surface area contributed by atoms with E-state index in [2.05, 4.69) is 5.32 Å². The zero-order valence-electron chi connectivity index (χ0n) is 16.5. The molecule has 0 aromatic heterocycles.